The number of aliphatic hydroxyl groups is 7. The van der Waals surface area contributed by atoms with E-state index >= 15 is 0 Å². The standard InChI is InChI=1S/2C33H58O2.C33H56O2.CH4O/c3*1-7-33(35)19-18-31(5)24(21-33)8-9-25-27-11-10-26(32(27,6)17-14-28(25)31)22(2)29(34)20-23-12-15-30(3,4)16-13-23;1-2/h2*22-29,34-35H,7-21H2,1-6H3;8,22-23,25-29,34-35H,7,9-21H2,1-6H3;2H,1H3/t22-,24+,25-,26+,27-,28-,29-,31-,32+,33-;22-,24-,25-,26+,27-,28-,29-,31-,32+,33-;22-,25-,26+,27-,28-,29-,31-,32+,33-;/m000./s1. The van der Waals surface area contributed by atoms with Gasteiger partial charge in [-0.25, -0.2) is 0 Å². The van der Waals surface area contributed by atoms with E-state index in [-0.39, 0.29) is 18.3 Å². The van der Waals surface area contributed by atoms with Crippen molar-refractivity contribution < 1.29 is 35.7 Å². The molecule has 14 saturated carbocycles. The first kappa shape index (κ1) is 85.8. The molecule has 14 fully saturated rings. The number of allylic oxidation sites excluding steroid dienone is 1. The molecular weight excluding hydrogens is 1310 g/mol. The SMILES string of the molecule is CC[C@]1(O)CC[C@@]2(C)C(=CC[C@H]3[C@@H]4CC[C@H]([C@H](C)[C@@H](O)CC5CCC(C)(C)CC5)[C@@]4(C)CC[C@@H]32)C1.CC[C@]1(O)CC[C@@]2(C)[C@@H](CC[C@@H]3[C@@H]2CC[C@]2(C)[C@@H]([C@H](C)[C@@H](O)CC4CCC(C)(C)CC4)CC[C@@H]32)C1.CC[C@]1(O)CC[C@@]2(C)[C@H](CC[C@@H]3[C@@H]2CC[C@]2(C)[C@@H]([C@H](C)[C@@H](O)CC4CCC(C)(C)CC4)CC[C@@H]32)C1.CO. The Morgan fingerprint density at radius 3 is 0.972 bits per heavy atom. The molecule has 7 heteroatoms. The number of hydrogen-bond donors (Lipinski definition) is 7. The molecule has 0 aliphatic heterocycles. The first-order valence-corrected chi connectivity index (χ1v) is 47.6. The van der Waals surface area contributed by atoms with E-state index in [1.165, 1.54) is 205 Å². The first-order chi connectivity index (χ1) is 50.2. The van der Waals surface area contributed by atoms with Crippen LogP contribution in [0, 0.1) is 167 Å². The topological polar surface area (TPSA) is 142 Å². The van der Waals surface area contributed by atoms with Crippen molar-refractivity contribution in [2.24, 2.45) is 167 Å². The number of fused-ring (bicyclic) bond motifs is 15. The molecule has 15 aliphatic carbocycles. The Morgan fingerprint density at radius 2 is 0.636 bits per heavy atom. The van der Waals surface area contributed by atoms with Crippen LogP contribution in [0.2, 0.25) is 0 Å². The van der Waals surface area contributed by atoms with Crippen molar-refractivity contribution >= 4 is 0 Å². The fourth-order valence-corrected chi connectivity index (χ4v) is 32.6. The van der Waals surface area contributed by atoms with E-state index in [1.54, 1.807) is 5.57 Å². The maximum absolute atomic E-state index is 11.4. The highest BCUT2D eigenvalue weighted by atomic mass is 16.3. The molecule has 0 radical (unpaired) electrons. The molecule has 29 atom stereocenters. The lowest BCUT2D eigenvalue weighted by molar-refractivity contribution is -0.154. The van der Waals surface area contributed by atoms with Gasteiger partial charge in [0.2, 0.25) is 0 Å². The highest BCUT2D eigenvalue weighted by Gasteiger charge is 2.66. The Balaban J connectivity index is 0.000000148. The zero-order valence-electron chi connectivity index (χ0n) is 73.6. The number of hydrogen-bond acceptors (Lipinski definition) is 7. The third-order valence-electron chi connectivity index (χ3n) is 40.9. The smallest absolute Gasteiger partial charge is 0.0682 e. The Hall–Kier alpha value is -0.540. The van der Waals surface area contributed by atoms with Crippen molar-refractivity contribution in [1.82, 2.24) is 0 Å². The van der Waals surface area contributed by atoms with Gasteiger partial charge in [0, 0.05) is 7.11 Å². The van der Waals surface area contributed by atoms with E-state index in [0.29, 0.717) is 84.2 Å². The van der Waals surface area contributed by atoms with E-state index in [2.05, 4.69) is 131 Å². The maximum Gasteiger partial charge on any atom is 0.0682 e. The van der Waals surface area contributed by atoms with Gasteiger partial charge in [-0.05, 0) is 450 Å². The van der Waals surface area contributed by atoms with Crippen LogP contribution in [0.1, 0.15) is 407 Å². The molecular formula is C100H176O7. The lowest BCUT2D eigenvalue weighted by Gasteiger charge is -2.62. The van der Waals surface area contributed by atoms with Crippen molar-refractivity contribution in [2.45, 2.75) is 442 Å². The molecule has 0 amide bonds. The van der Waals surface area contributed by atoms with Crippen LogP contribution < -0.4 is 0 Å². The fourth-order valence-electron chi connectivity index (χ4n) is 32.6. The largest absolute Gasteiger partial charge is 0.400 e. The predicted octanol–water partition coefficient (Wildman–Crippen LogP) is 24.7. The van der Waals surface area contributed by atoms with Crippen molar-refractivity contribution in [1.29, 1.82) is 0 Å². The van der Waals surface area contributed by atoms with Gasteiger partial charge in [0.25, 0.3) is 0 Å². The van der Waals surface area contributed by atoms with Crippen molar-refractivity contribution in [3.8, 4) is 0 Å². The van der Waals surface area contributed by atoms with Gasteiger partial charge in [0.1, 0.15) is 0 Å². The second-order valence-electron chi connectivity index (χ2n) is 47.4. The van der Waals surface area contributed by atoms with E-state index in [0.717, 1.165) is 167 Å². The summed E-state index contributed by atoms with van der Waals surface area (Å²) in [7, 11) is 1.00. The molecule has 7 nitrogen and oxygen atoms in total. The minimum absolute atomic E-state index is 0.113. The molecule has 0 unspecified atom stereocenters. The van der Waals surface area contributed by atoms with Gasteiger partial charge in [-0.1, -0.05) is 136 Å². The monoisotopic (exact) mass is 1490 g/mol. The summed E-state index contributed by atoms with van der Waals surface area (Å²) in [6.45, 7) is 44.0. The minimum atomic E-state index is -0.459. The fraction of sp³-hybridized carbons (Fsp3) is 0.980. The van der Waals surface area contributed by atoms with Gasteiger partial charge < -0.3 is 35.7 Å². The molecule has 107 heavy (non-hydrogen) atoms. The lowest BCUT2D eigenvalue weighted by Crippen LogP contribution is -2.56. The summed E-state index contributed by atoms with van der Waals surface area (Å²) in [4.78, 5) is 0. The molecule has 0 heterocycles. The molecule has 15 rings (SSSR count). The van der Waals surface area contributed by atoms with Crippen LogP contribution in [0.4, 0.5) is 0 Å². The van der Waals surface area contributed by atoms with Gasteiger partial charge in [-0.2, -0.15) is 0 Å². The van der Waals surface area contributed by atoms with Gasteiger partial charge in [0.15, 0.2) is 0 Å². The maximum atomic E-state index is 11.4. The van der Waals surface area contributed by atoms with Crippen LogP contribution in [-0.2, 0) is 0 Å². The van der Waals surface area contributed by atoms with Crippen molar-refractivity contribution in [2.75, 3.05) is 7.11 Å². The van der Waals surface area contributed by atoms with Crippen LogP contribution in [0.15, 0.2) is 11.6 Å². The van der Waals surface area contributed by atoms with Crippen LogP contribution in [0.25, 0.3) is 0 Å². The average Bonchev–Trinajstić information content (AvgIpc) is 1.69. The van der Waals surface area contributed by atoms with E-state index in [4.69, 9.17) is 5.11 Å². The Kier molecular flexibility index (Phi) is 26.0. The highest BCUT2D eigenvalue weighted by Crippen LogP contribution is 2.73. The summed E-state index contributed by atoms with van der Waals surface area (Å²) in [5.74, 6) is 14.7. The van der Waals surface area contributed by atoms with Gasteiger partial charge in [-0.15, -0.1) is 0 Å². The van der Waals surface area contributed by atoms with Crippen LogP contribution in [0.3, 0.4) is 0 Å². The van der Waals surface area contributed by atoms with Gasteiger partial charge >= 0.3 is 0 Å². The Labute approximate surface area is 660 Å². The van der Waals surface area contributed by atoms with Crippen molar-refractivity contribution in [3.63, 3.8) is 0 Å². The Morgan fingerprint density at radius 1 is 0.327 bits per heavy atom. The minimum Gasteiger partial charge on any atom is -0.400 e. The molecule has 0 aromatic rings. The third-order valence-corrected chi connectivity index (χ3v) is 40.9. The summed E-state index contributed by atoms with van der Waals surface area (Å²) in [5.41, 5.74) is 4.35. The van der Waals surface area contributed by atoms with Gasteiger partial charge in [0.05, 0.1) is 35.1 Å². The predicted molar refractivity (Wildman–Crippen MR) is 446 cm³/mol. The number of aliphatic hydroxyl groups excluding tert-OH is 4. The first-order valence-electron chi connectivity index (χ1n) is 47.6. The Bertz CT molecular complexity index is 2790. The molecule has 618 valence electrons. The summed E-state index contributed by atoms with van der Waals surface area (Å²) < 4.78 is 0. The average molecular weight is 1490 g/mol. The zero-order chi connectivity index (χ0) is 77.7. The third kappa shape index (κ3) is 16.6. The second kappa shape index (κ2) is 32.4. The van der Waals surface area contributed by atoms with Crippen LogP contribution in [0.5, 0.6) is 0 Å². The van der Waals surface area contributed by atoms with Crippen LogP contribution in [-0.4, -0.2) is 78.0 Å². The summed E-state index contributed by atoms with van der Waals surface area (Å²) >= 11 is 0. The van der Waals surface area contributed by atoms with Crippen molar-refractivity contribution in [3.05, 3.63) is 11.6 Å². The van der Waals surface area contributed by atoms with Gasteiger partial charge in [-0.3, -0.25) is 0 Å². The van der Waals surface area contributed by atoms with E-state index in [9.17, 15) is 30.6 Å². The summed E-state index contributed by atoms with van der Waals surface area (Å²) in [6, 6.07) is 0. The second-order valence-corrected chi connectivity index (χ2v) is 47.4. The van der Waals surface area contributed by atoms with Crippen LogP contribution >= 0.6 is 0 Å². The normalized spacial score (nSPS) is 47.9. The quantitative estimate of drug-likeness (QED) is 0.0810. The summed E-state index contributed by atoms with van der Waals surface area (Å²) in [5, 5.41) is 74.5. The number of rotatable bonds is 15. The molecule has 0 aromatic carbocycles. The molecule has 15 aliphatic rings. The lowest BCUT2D eigenvalue weighted by atomic mass is 9.43. The molecule has 0 bridgehead atoms. The zero-order valence-corrected chi connectivity index (χ0v) is 73.6. The summed E-state index contributed by atoms with van der Waals surface area (Å²) in [6.07, 6.45) is 56.8. The van der Waals surface area contributed by atoms with E-state index < -0.39 is 16.8 Å². The molecule has 0 aromatic heterocycles. The molecule has 0 spiro atoms. The van der Waals surface area contributed by atoms with E-state index in [1.807, 2.05) is 0 Å². The highest BCUT2D eigenvalue weighted by molar-refractivity contribution is 5.27. The molecule has 0 saturated heterocycles. The molecule has 7 N–H and O–H groups in total.